The minimum Gasteiger partial charge on any atom is -0.432 e. The van der Waals surface area contributed by atoms with E-state index in [9.17, 15) is 66.1 Å². The minimum absolute atomic E-state index is 0.0874. The molecular weight excluding hydrogens is 852 g/mol. The van der Waals surface area contributed by atoms with Crippen LogP contribution in [0.3, 0.4) is 0 Å². The van der Waals surface area contributed by atoms with Crippen LogP contribution in [-0.4, -0.2) is 209 Å². The zero-order chi connectivity index (χ0) is 46.4. The number of rotatable bonds is 10. The molecule has 21 nitrogen and oxygen atoms in total. The van der Waals surface area contributed by atoms with E-state index in [-0.39, 0.29) is 29.3 Å². The van der Waals surface area contributed by atoms with Crippen molar-refractivity contribution in [1.29, 1.82) is 0 Å². The lowest BCUT2D eigenvalue weighted by atomic mass is 9.41. The summed E-state index contributed by atoms with van der Waals surface area (Å²) in [5, 5.41) is 127. The molecule has 4 saturated carbocycles. The molecule has 0 radical (unpaired) electrons. The molecule has 12 N–H and O–H groups in total. The third-order valence-electron chi connectivity index (χ3n) is 16.7. The fourth-order valence-corrected chi connectivity index (χ4v) is 13.2. The van der Waals surface area contributed by atoms with Crippen LogP contribution < -0.4 is 0 Å². The number of carbonyl (C=O) groups is 1. The summed E-state index contributed by atoms with van der Waals surface area (Å²) in [6, 6.07) is 0. The Morgan fingerprint density at radius 2 is 1.27 bits per heavy atom. The number of carbonyl (C=O) groups excluding carboxylic acids is 1. The van der Waals surface area contributed by atoms with Crippen molar-refractivity contribution in [1.82, 2.24) is 0 Å². The molecule has 21 heteroatoms. The number of aliphatic hydroxyl groups is 12. The highest BCUT2D eigenvalue weighted by Gasteiger charge is 2.69. The molecule has 2 bridgehead atoms. The molecule has 8 fully saturated rings. The smallest absolute Gasteiger partial charge is 0.314 e. The zero-order valence-electron chi connectivity index (χ0n) is 36.4. The molecular formula is C43H68O21. The monoisotopic (exact) mass is 920 g/mol. The summed E-state index contributed by atoms with van der Waals surface area (Å²) in [5.74, 6) is -0.578. The Bertz CT molecular complexity index is 1690. The quantitative estimate of drug-likeness (QED) is 0.0576. The van der Waals surface area contributed by atoms with Gasteiger partial charge >= 0.3 is 5.97 Å². The van der Waals surface area contributed by atoms with E-state index in [4.69, 9.17) is 37.9 Å². The molecule has 4 aliphatic heterocycles. The topological polar surface area (TPSA) is 334 Å². The number of aliphatic hydroxyl groups excluding tert-OH is 12. The first kappa shape index (κ1) is 48.9. The largest absolute Gasteiger partial charge is 0.432 e. The van der Waals surface area contributed by atoms with Gasteiger partial charge in [-0.3, -0.25) is 4.79 Å². The third-order valence-corrected chi connectivity index (χ3v) is 16.7. The lowest BCUT2D eigenvalue weighted by Gasteiger charge is -2.64. The van der Waals surface area contributed by atoms with Crippen molar-refractivity contribution in [3.8, 4) is 0 Å². The molecule has 0 aromatic heterocycles. The van der Waals surface area contributed by atoms with Crippen LogP contribution >= 0.6 is 0 Å². The number of fused-ring (bicyclic) bond motifs is 3. The van der Waals surface area contributed by atoms with Gasteiger partial charge in [-0.2, -0.15) is 0 Å². The maximum Gasteiger partial charge on any atom is 0.314 e. The van der Waals surface area contributed by atoms with Crippen molar-refractivity contribution < 1.29 is 104 Å². The van der Waals surface area contributed by atoms with Gasteiger partial charge in [0, 0.05) is 0 Å². The molecule has 1 spiro atoms. The zero-order valence-corrected chi connectivity index (χ0v) is 36.4. The maximum absolute atomic E-state index is 14.1. The number of ether oxygens (including phenoxy) is 8. The summed E-state index contributed by atoms with van der Waals surface area (Å²) in [6.45, 7) is 8.23. The van der Waals surface area contributed by atoms with Crippen LogP contribution in [0.15, 0.2) is 12.2 Å². The van der Waals surface area contributed by atoms with Crippen molar-refractivity contribution in [3.05, 3.63) is 12.2 Å². The molecule has 0 amide bonds. The molecule has 8 aliphatic rings. The highest BCUT2D eigenvalue weighted by Crippen LogP contribution is 2.73. The normalized spacial score (nSPS) is 55.4. The van der Waals surface area contributed by atoms with E-state index in [2.05, 4.69) is 13.5 Å². The van der Waals surface area contributed by atoms with Gasteiger partial charge in [-0.1, -0.05) is 19.9 Å². The van der Waals surface area contributed by atoms with Crippen LogP contribution in [0.4, 0.5) is 0 Å². The van der Waals surface area contributed by atoms with E-state index in [0.717, 1.165) is 18.4 Å². The Balaban J connectivity index is 1.06. The van der Waals surface area contributed by atoms with Gasteiger partial charge in [0.05, 0.1) is 36.9 Å². The third kappa shape index (κ3) is 8.00. The Hall–Kier alpha value is -1.55. The second kappa shape index (κ2) is 18.1. The van der Waals surface area contributed by atoms with Gasteiger partial charge in [0.25, 0.3) is 0 Å². The van der Waals surface area contributed by atoms with Crippen LogP contribution in [-0.2, 0) is 42.7 Å². The molecule has 25 atom stereocenters. The first-order valence-corrected chi connectivity index (χ1v) is 22.6. The highest BCUT2D eigenvalue weighted by molar-refractivity contribution is 5.77. The van der Waals surface area contributed by atoms with Gasteiger partial charge in [0.1, 0.15) is 85.5 Å². The lowest BCUT2D eigenvalue weighted by molar-refractivity contribution is -0.398. The van der Waals surface area contributed by atoms with E-state index in [0.29, 0.717) is 44.9 Å². The van der Waals surface area contributed by atoms with Crippen molar-refractivity contribution in [2.24, 2.45) is 28.1 Å². The maximum atomic E-state index is 14.1. The fourth-order valence-electron chi connectivity index (χ4n) is 13.2. The predicted octanol–water partition coefficient (Wildman–Crippen LogP) is -3.45. The average Bonchev–Trinajstić information content (AvgIpc) is 3.46. The second-order valence-corrected chi connectivity index (χ2v) is 20.3. The average molecular weight is 921 g/mol. The van der Waals surface area contributed by atoms with Gasteiger partial charge in [-0.15, -0.1) is 0 Å². The van der Waals surface area contributed by atoms with Crippen LogP contribution in [0.1, 0.15) is 78.6 Å². The Morgan fingerprint density at radius 1 is 0.672 bits per heavy atom. The van der Waals surface area contributed by atoms with Gasteiger partial charge in [-0.25, -0.2) is 0 Å². The Morgan fingerprint density at radius 3 is 1.95 bits per heavy atom. The standard InChI is InChI=1S/C43H68O21/c1-17-12-42-10-6-22-40(3,8-5-9-41(22,4)39(56)63-35-30(53)25(48)19(46)15-57-35)23(42)7-11-43(17,16-42)64-38-34(62-36-31(54)28(51)24(47)18(2)58-36)33(27(50)21(14-45)60-38)61-37-32(55)29(52)26(49)20(13-44)59-37/h18-38,44-55H,1,5-16H2,2-4H3/t18-,19+,20+,21+,22-,23-,24-,25-,26+,27+,28+,29-,30+,31+,32+,33-,34+,35-,36-,37-,38-,40+,41+,42+,43-/m0/s1. The van der Waals surface area contributed by atoms with Gasteiger partial charge in [0.2, 0.25) is 6.29 Å². The molecule has 64 heavy (non-hydrogen) atoms. The van der Waals surface area contributed by atoms with Crippen LogP contribution in [0.5, 0.6) is 0 Å². The van der Waals surface area contributed by atoms with Gasteiger partial charge in [-0.05, 0) is 93.5 Å². The molecule has 0 aromatic rings. The van der Waals surface area contributed by atoms with E-state index in [1.54, 1.807) is 0 Å². The summed E-state index contributed by atoms with van der Waals surface area (Å²) in [4.78, 5) is 14.1. The molecule has 4 heterocycles. The lowest BCUT2D eigenvalue weighted by Crippen LogP contribution is -2.67. The first-order valence-electron chi connectivity index (χ1n) is 22.6. The summed E-state index contributed by atoms with van der Waals surface area (Å²) in [5.41, 5.74) is -1.99. The molecule has 4 saturated heterocycles. The number of esters is 1. The van der Waals surface area contributed by atoms with Crippen molar-refractivity contribution in [2.75, 3.05) is 19.8 Å². The Kier molecular flexibility index (Phi) is 13.8. The summed E-state index contributed by atoms with van der Waals surface area (Å²) in [6.07, 6.45) is -24.8. The number of hydrogen-bond donors (Lipinski definition) is 12. The van der Waals surface area contributed by atoms with E-state index in [1.165, 1.54) is 6.92 Å². The second-order valence-electron chi connectivity index (χ2n) is 20.3. The van der Waals surface area contributed by atoms with Crippen LogP contribution in [0.25, 0.3) is 0 Å². The summed E-state index contributed by atoms with van der Waals surface area (Å²) in [7, 11) is 0. The highest BCUT2D eigenvalue weighted by atomic mass is 16.8. The van der Waals surface area contributed by atoms with Crippen molar-refractivity contribution in [2.45, 2.75) is 201 Å². The molecule has 0 aromatic carbocycles. The molecule has 4 aliphatic carbocycles. The van der Waals surface area contributed by atoms with Crippen molar-refractivity contribution >= 4 is 5.97 Å². The fraction of sp³-hybridized carbons (Fsp3) is 0.930. The molecule has 0 unspecified atom stereocenters. The van der Waals surface area contributed by atoms with Gasteiger partial charge < -0.3 is 99.2 Å². The van der Waals surface area contributed by atoms with E-state index >= 15 is 0 Å². The van der Waals surface area contributed by atoms with E-state index < -0.39 is 147 Å². The Labute approximate surface area is 370 Å². The number of hydrogen-bond acceptors (Lipinski definition) is 21. The SMILES string of the molecule is C=C1C[C@@]23CC[C@H]4[C@@](C)(CCC[C@@]4(C)C(=O)O[C@@H]4OC[C@@H](O)[C@H](O)[C@H]4O)[C@@H]2CC[C@]1(O[C@@H]1O[C@H](CO)[C@@H](O)[C@H](O[C@@H]2O[C@H](CO)[C@@H](O)[C@H](O)[C@H]2O)[C@H]1O[C@@H]1O[C@@H](C)[C@H](O)[C@@H](O)[C@H]1O)C3. The first-order chi connectivity index (χ1) is 30.1. The predicted molar refractivity (Wildman–Crippen MR) is 212 cm³/mol. The van der Waals surface area contributed by atoms with Crippen LogP contribution in [0, 0.1) is 28.1 Å². The summed E-state index contributed by atoms with van der Waals surface area (Å²) < 4.78 is 48.3. The van der Waals surface area contributed by atoms with Crippen molar-refractivity contribution in [3.63, 3.8) is 0 Å². The summed E-state index contributed by atoms with van der Waals surface area (Å²) >= 11 is 0. The minimum atomic E-state index is -1.91. The van der Waals surface area contributed by atoms with E-state index in [1.807, 2.05) is 6.92 Å². The van der Waals surface area contributed by atoms with Gasteiger partial charge in [0.15, 0.2) is 18.9 Å². The molecule has 366 valence electrons. The van der Waals surface area contributed by atoms with Crippen LogP contribution in [0.2, 0.25) is 0 Å². The molecule has 8 rings (SSSR count).